The minimum Gasteiger partial charge on any atom is -0.462 e. The largest absolute Gasteiger partial charge is 0.462 e. The molecule has 0 spiro atoms. The van der Waals surface area contributed by atoms with Crippen molar-refractivity contribution in [2.75, 3.05) is 23.2 Å². The first kappa shape index (κ1) is 20.7. The van der Waals surface area contributed by atoms with Crippen molar-refractivity contribution < 1.29 is 28.7 Å². The number of esters is 2. The minimum absolute atomic E-state index is 0.0105. The molecule has 0 atom stereocenters. The van der Waals surface area contributed by atoms with Crippen molar-refractivity contribution in [3.8, 4) is 0 Å². The van der Waals surface area contributed by atoms with Crippen molar-refractivity contribution in [1.29, 1.82) is 0 Å². The molecule has 0 saturated carbocycles. The van der Waals surface area contributed by atoms with E-state index in [9.17, 15) is 19.2 Å². The van der Waals surface area contributed by atoms with Gasteiger partial charge < -0.3 is 20.9 Å². The summed E-state index contributed by atoms with van der Waals surface area (Å²) >= 11 is 0. The molecule has 0 saturated heterocycles. The summed E-state index contributed by atoms with van der Waals surface area (Å²) in [5.41, 5.74) is 9.21. The number of anilines is 2. The third-order valence-corrected chi connectivity index (χ3v) is 3.10. The summed E-state index contributed by atoms with van der Waals surface area (Å²) in [6, 6.07) is -0.185. The van der Waals surface area contributed by atoms with E-state index in [0.29, 0.717) is 10.0 Å². The summed E-state index contributed by atoms with van der Waals surface area (Å²) in [5.74, 6) is 9.34. The van der Waals surface area contributed by atoms with Gasteiger partial charge in [0.1, 0.15) is 0 Å². The molecule has 0 heterocycles. The highest BCUT2D eigenvalue weighted by Gasteiger charge is 2.27. The number of urea groups is 2. The molecule has 0 radical (unpaired) electrons. The number of amides is 4. The van der Waals surface area contributed by atoms with E-state index in [-0.39, 0.29) is 35.7 Å². The van der Waals surface area contributed by atoms with Gasteiger partial charge in [-0.05, 0) is 26.0 Å². The number of benzene rings is 1. The lowest BCUT2D eigenvalue weighted by Crippen LogP contribution is -2.44. The van der Waals surface area contributed by atoms with Crippen LogP contribution in [0.2, 0.25) is 0 Å². The van der Waals surface area contributed by atoms with Crippen LogP contribution in [0, 0.1) is 0 Å². The first-order chi connectivity index (χ1) is 12.1. The number of primary amides is 2. The Morgan fingerprint density at radius 1 is 0.808 bits per heavy atom. The van der Waals surface area contributed by atoms with Gasteiger partial charge in [0.15, 0.2) is 0 Å². The highest BCUT2D eigenvalue weighted by Crippen LogP contribution is 2.30. The van der Waals surface area contributed by atoms with E-state index in [0.717, 1.165) is 12.1 Å². The third-order valence-electron chi connectivity index (χ3n) is 3.10. The van der Waals surface area contributed by atoms with E-state index in [1.165, 1.54) is 0 Å². The molecule has 142 valence electrons. The Kier molecular flexibility index (Phi) is 6.87. The second kappa shape index (κ2) is 8.64. The molecule has 0 aliphatic rings. The molecule has 26 heavy (non-hydrogen) atoms. The van der Waals surface area contributed by atoms with Gasteiger partial charge in [-0.3, -0.25) is 0 Å². The second-order valence-corrected chi connectivity index (χ2v) is 4.74. The monoisotopic (exact) mass is 368 g/mol. The van der Waals surface area contributed by atoms with Crippen molar-refractivity contribution in [2.24, 2.45) is 23.2 Å². The Morgan fingerprint density at radius 2 is 1.12 bits per heavy atom. The highest BCUT2D eigenvalue weighted by atomic mass is 16.5. The van der Waals surface area contributed by atoms with Gasteiger partial charge in [0.05, 0.1) is 35.7 Å². The number of carbonyl (C=O) groups excluding carboxylic acids is 4. The normalized spacial score (nSPS) is 10.0. The number of carbonyl (C=O) groups is 4. The van der Waals surface area contributed by atoms with Gasteiger partial charge in [-0.25, -0.2) is 40.9 Å². The van der Waals surface area contributed by atoms with Crippen LogP contribution in [0.1, 0.15) is 34.6 Å². The van der Waals surface area contributed by atoms with Gasteiger partial charge in [-0.1, -0.05) is 0 Å². The summed E-state index contributed by atoms with van der Waals surface area (Å²) in [6.45, 7) is 3.13. The fraction of sp³-hybridized carbons (Fsp3) is 0.286. The average molecular weight is 368 g/mol. The van der Waals surface area contributed by atoms with E-state index in [1.54, 1.807) is 13.8 Å². The second-order valence-electron chi connectivity index (χ2n) is 4.74. The summed E-state index contributed by atoms with van der Waals surface area (Å²) in [7, 11) is 0. The Morgan fingerprint density at radius 3 is 1.35 bits per heavy atom. The zero-order chi connectivity index (χ0) is 20.0. The third kappa shape index (κ3) is 4.37. The van der Waals surface area contributed by atoms with Crippen molar-refractivity contribution in [2.45, 2.75) is 13.8 Å². The molecule has 8 N–H and O–H groups in total. The minimum atomic E-state index is -1.11. The maximum atomic E-state index is 12.2. The predicted molar refractivity (Wildman–Crippen MR) is 90.9 cm³/mol. The molecule has 0 unspecified atom stereocenters. The van der Waals surface area contributed by atoms with E-state index in [1.807, 2.05) is 0 Å². The van der Waals surface area contributed by atoms with Crippen molar-refractivity contribution in [3.63, 3.8) is 0 Å². The molecule has 0 aromatic heterocycles. The van der Waals surface area contributed by atoms with Crippen LogP contribution in [0.4, 0.5) is 21.0 Å². The fourth-order valence-electron chi connectivity index (χ4n) is 1.96. The lowest BCUT2D eigenvalue weighted by molar-refractivity contribution is 0.0512. The van der Waals surface area contributed by atoms with E-state index < -0.39 is 24.0 Å². The summed E-state index contributed by atoms with van der Waals surface area (Å²) in [5, 5.41) is 0.869. The van der Waals surface area contributed by atoms with Gasteiger partial charge >= 0.3 is 24.0 Å². The lowest BCUT2D eigenvalue weighted by atomic mass is 10.1. The first-order valence-electron chi connectivity index (χ1n) is 7.36. The number of rotatable bonds is 6. The lowest BCUT2D eigenvalue weighted by Gasteiger charge is -2.23. The first-order valence-corrected chi connectivity index (χ1v) is 7.36. The number of nitrogens with zero attached hydrogens (tertiary/aromatic N) is 2. The molecule has 4 amide bonds. The molecule has 12 heteroatoms. The standard InChI is InChI=1S/C14H20N6O6/c1-3-25-11(21)7-5-10(20(18)14(16)24)8(12(22)26-4-2)6-9(7)19(17)13(15)23/h5-6H,3-4,17-18H2,1-2H3,(H2,15,23)(H2,16,24). The molecular formula is C14H20N6O6. The van der Waals surface area contributed by atoms with E-state index >= 15 is 0 Å². The summed E-state index contributed by atoms with van der Waals surface area (Å²) in [6.07, 6.45) is 0. The molecule has 1 aromatic carbocycles. The van der Waals surface area contributed by atoms with Crippen molar-refractivity contribution in [3.05, 3.63) is 23.3 Å². The number of hydrogen-bond donors (Lipinski definition) is 4. The van der Waals surface area contributed by atoms with Crippen LogP contribution in [0.15, 0.2) is 12.1 Å². The Bertz CT molecular complexity index is 675. The van der Waals surface area contributed by atoms with Crippen LogP contribution in [-0.2, 0) is 9.47 Å². The van der Waals surface area contributed by atoms with Gasteiger partial charge in [-0.15, -0.1) is 0 Å². The van der Waals surface area contributed by atoms with Gasteiger partial charge in [-0.2, -0.15) is 0 Å². The van der Waals surface area contributed by atoms with Crippen molar-refractivity contribution >= 4 is 35.4 Å². The fourth-order valence-corrected chi connectivity index (χ4v) is 1.96. The van der Waals surface area contributed by atoms with E-state index in [4.69, 9.17) is 32.6 Å². The molecule has 1 aromatic rings. The number of hydrogen-bond acceptors (Lipinski definition) is 8. The van der Waals surface area contributed by atoms with Gasteiger partial charge in [0.2, 0.25) is 0 Å². The SMILES string of the molecule is CCOC(=O)c1cc(N(N)C(N)=O)c(C(=O)OCC)cc1N(N)C(N)=O. The predicted octanol–water partition coefficient (Wildman–Crippen LogP) is -0.442. The molecule has 0 bridgehead atoms. The molecular weight excluding hydrogens is 348 g/mol. The average Bonchev–Trinajstić information content (AvgIpc) is 2.59. The molecule has 0 fully saturated rings. The number of ether oxygens (including phenoxy) is 2. The molecule has 0 aliphatic heterocycles. The van der Waals surface area contributed by atoms with Crippen molar-refractivity contribution in [1.82, 2.24) is 0 Å². The van der Waals surface area contributed by atoms with Crippen LogP contribution in [0.3, 0.4) is 0 Å². The molecule has 0 aliphatic carbocycles. The van der Waals surface area contributed by atoms with Crippen LogP contribution in [0.5, 0.6) is 0 Å². The summed E-state index contributed by atoms with van der Waals surface area (Å²) in [4.78, 5) is 47.2. The van der Waals surface area contributed by atoms with E-state index in [2.05, 4.69) is 0 Å². The number of hydrazine groups is 2. The smallest absolute Gasteiger partial charge is 0.340 e. The maximum absolute atomic E-state index is 12.2. The zero-order valence-electron chi connectivity index (χ0n) is 14.2. The Labute approximate surface area is 148 Å². The zero-order valence-corrected chi connectivity index (χ0v) is 14.2. The quantitative estimate of drug-likeness (QED) is 0.224. The van der Waals surface area contributed by atoms with Gasteiger partial charge in [0, 0.05) is 0 Å². The van der Waals surface area contributed by atoms with Crippen LogP contribution in [0.25, 0.3) is 0 Å². The van der Waals surface area contributed by atoms with Crippen LogP contribution < -0.4 is 33.2 Å². The Hall–Kier alpha value is -3.38. The maximum Gasteiger partial charge on any atom is 0.340 e. The highest BCUT2D eigenvalue weighted by molar-refractivity contribution is 6.08. The van der Waals surface area contributed by atoms with Crippen LogP contribution in [-0.4, -0.2) is 37.2 Å². The number of nitrogens with two attached hydrogens (primary N) is 4. The Balaban J connectivity index is 3.74. The molecule has 1 rings (SSSR count). The topological polar surface area (TPSA) is 197 Å². The van der Waals surface area contributed by atoms with Crippen LogP contribution >= 0.6 is 0 Å². The van der Waals surface area contributed by atoms with Gasteiger partial charge in [0.25, 0.3) is 0 Å². The molecule has 12 nitrogen and oxygen atoms in total. The summed E-state index contributed by atoms with van der Waals surface area (Å²) < 4.78 is 9.75.